The summed E-state index contributed by atoms with van der Waals surface area (Å²) in [4.78, 5) is 1.42. The maximum Gasteiger partial charge on any atom is 0.206 e. The summed E-state index contributed by atoms with van der Waals surface area (Å²) >= 11 is 9.46. The van der Waals surface area contributed by atoms with Crippen LogP contribution in [0.25, 0.3) is 0 Å². The number of halogens is 1. The van der Waals surface area contributed by atoms with E-state index in [1.165, 1.54) is 16.9 Å². The Balaban J connectivity index is 1.81. The van der Waals surface area contributed by atoms with Gasteiger partial charge in [-0.2, -0.15) is 0 Å². The van der Waals surface area contributed by atoms with Gasteiger partial charge < -0.3 is 5.32 Å². The van der Waals surface area contributed by atoms with Crippen molar-refractivity contribution in [3.8, 4) is 0 Å². The minimum atomic E-state index is 0.343. The van der Waals surface area contributed by atoms with Gasteiger partial charge in [0.25, 0.3) is 0 Å². The number of aryl methyl sites for hydroxylation is 2. The summed E-state index contributed by atoms with van der Waals surface area (Å²) in [7, 11) is 0. The highest BCUT2D eigenvalue weighted by Crippen LogP contribution is 2.39. The predicted octanol–water partition coefficient (Wildman–Crippen LogP) is 4.30. The van der Waals surface area contributed by atoms with Crippen LogP contribution in [0, 0.1) is 0 Å². The van der Waals surface area contributed by atoms with Crippen LogP contribution in [0.15, 0.2) is 6.07 Å². The summed E-state index contributed by atoms with van der Waals surface area (Å²) in [6, 6.07) is 2.44. The van der Waals surface area contributed by atoms with Crippen LogP contribution in [0.1, 0.15) is 41.3 Å². The van der Waals surface area contributed by atoms with Gasteiger partial charge in [-0.05, 0) is 37.3 Å². The molecule has 0 radical (unpaired) electrons. The van der Waals surface area contributed by atoms with E-state index in [-0.39, 0.29) is 0 Å². The molecule has 1 N–H and O–H groups in total. The lowest BCUT2D eigenvalue weighted by Gasteiger charge is -2.22. The third kappa shape index (κ3) is 2.39. The Kier molecular flexibility index (Phi) is 3.54. The Morgan fingerprint density at radius 3 is 3.11 bits per heavy atom. The zero-order valence-electron chi connectivity index (χ0n) is 10.1. The Bertz CT molecular complexity index is 549. The average molecular weight is 300 g/mol. The molecule has 2 aromatic heterocycles. The van der Waals surface area contributed by atoms with E-state index in [1.807, 2.05) is 0 Å². The van der Waals surface area contributed by atoms with Crippen molar-refractivity contribution in [2.24, 2.45) is 0 Å². The molecule has 96 valence electrons. The van der Waals surface area contributed by atoms with Crippen LogP contribution in [0.3, 0.4) is 0 Å². The monoisotopic (exact) mass is 299 g/mol. The summed E-state index contributed by atoms with van der Waals surface area (Å²) < 4.78 is 0.889. The summed E-state index contributed by atoms with van der Waals surface area (Å²) in [5.41, 5.74) is 1.35. The Morgan fingerprint density at radius 2 is 2.33 bits per heavy atom. The lowest BCUT2D eigenvalue weighted by Crippen LogP contribution is -2.15. The number of thiophene rings is 1. The molecule has 1 aliphatic rings. The second-order valence-electron chi connectivity index (χ2n) is 4.37. The van der Waals surface area contributed by atoms with E-state index in [4.69, 9.17) is 11.6 Å². The molecule has 0 fully saturated rings. The second-order valence-corrected chi connectivity index (χ2v) is 7.20. The minimum absolute atomic E-state index is 0.343. The molecule has 3 nitrogen and oxygen atoms in total. The Hall–Kier alpha value is -0.650. The van der Waals surface area contributed by atoms with Gasteiger partial charge in [-0.3, -0.25) is 0 Å². The van der Waals surface area contributed by atoms with Crippen LogP contribution in [-0.4, -0.2) is 10.2 Å². The van der Waals surface area contributed by atoms with Crippen LogP contribution in [-0.2, 0) is 12.8 Å². The number of fused-ring (bicyclic) bond motifs is 1. The van der Waals surface area contributed by atoms with Gasteiger partial charge in [0, 0.05) is 4.88 Å². The van der Waals surface area contributed by atoms with Gasteiger partial charge in [0.2, 0.25) is 5.13 Å². The standard InChI is InChI=1S/C12H14ClN3S2/c1-2-11-15-16-12(18-11)14-8-4-3-5-9-7(8)6-10(13)17-9/h6,8H,2-5H2,1H3,(H,14,16). The van der Waals surface area contributed by atoms with Gasteiger partial charge in [-0.25, -0.2) is 0 Å². The molecular weight excluding hydrogens is 286 g/mol. The third-order valence-corrected chi connectivity index (χ3v) is 5.49. The fourth-order valence-electron chi connectivity index (χ4n) is 2.28. The van der Waals surface area contributed by atoms with Crippen molar-refractivity contribution in [3.63, 3.8) is 0 Å². The fraction of sp³-hybridized carbons (Fsp3) is 0.500. The highest BCUT2D eigenvalue weighted by Gasteiger charge is 2.23. The van der Waals surface area contributed by atoms with E-state index in [2.05, 4.69) is 28.5 Å². The zero-order valence-corrected chi connectivity index (χ0v) is 12.5. The van der Waals surface area contributed by atoms with Crippen LogP contribution < -0.4 is 5.32 Å². The highest BCUT2D eigenvalue weighted by atomic mass is 35.5. The van der Waals surface area contributed by atoms with Gasteiger partial charge in [0.05, 0.1) is 10.4 Å². The van der Waals surface area contributed by atoms with Crippen molar-refractivity contribution in [1.82, 2.24) is 10.2 Å². The molecule has 6 heteroatoms. The van der Waals surface area contributed by atoms with Crippen LogP contribution in [0.2, 0.25) is 4.34 Å². The number of rotatable bonds is 3. The summed E-state index contributed by atoms with van der Waals surface area (Å²) in [5.74, 6) is 0. The number of hydrogen-bond acceptors (Lipinski definition) is 5. The van der Waals surface area contributed by atoms with Crippen molar-refractivity contribution >= 4 is 39.4 Å². The molecule has 0 spiro atoms. The fourth-order valence-corrected chi connectivity index (χ4v) is 4.39. The summed E-state index contributed by atoms with van der Waals surface area (Å²) in [6.45, 7) is 2.10. The summed E-state index contributed by atoms with van der Waals surface area (Å²) in [6.07, 6.45) is 4.45. The summed E-state index contributed by atoms with van der Waals surface area (Å²) in [5, 5.41) is 13.8. The molecule has 0 amide bonds. The first kappa shape index (κ1) is 12.4. The zero-order chi connectivity index (χ0) is 12.5. The molecule has 2 aromatic rings. The molecule has 18 heavy (non-hydrogen) atoms. The molecule has 3 rings (SSSR count). The average Bonchev–Trinajstić information content (AvgIpc) is 2.95. The Labute approximate surface area is 119 Å². The van der Waals surface area contributed by atoms with Crippen LogP contribution >= 0.6 is 34.3 Å². The SMILES string of the molecule is CCc1nnc(NC2CCCc3sc(Cl)cc32)s1. The number of nitrogens with zero attached hydrogens (tertiary/aromatic N) is 2. The van der Waals surface area contributed by atoms with E-state index in [1.54, 1.807) is 22.7 Å². The molecule has 0 saturated carbocycles. The topological polar surface area (TPSA) is 37.8 Å². The minimum Gasteiger partial charge on any atom is -0.353 e. The van der Waals surface area contributed by atoms with Gasteiger partial charge in [-0.1, -0.05) is 29.9 Å². The number of anilines is 1. The van der Waals surface area contributed by atoms with Crippen LogP contribution in [0.4, 0.5) is 5.13 Å². The number of nitrogens with one attached hydrogen (secondary N) is 1. The molecule has 1 atom stereocenters. The molecule has 2 heterocycles. The van der Waals surface area contributed by atoms with Crippen molar-refractivity contribution in [2.75, 3.05) is 5.32 Å². The van der Waals surface area contributed by atoms with E-state index >= 15 is 0 Å². The molecule has 0 saturated heterocycles. The number of aromatic nitrogens is 2. The van der Waals surface area contributed by atoms with Gasteiger partial charge in [0.1, 0.15) is 5.01 Å². The maximum atomic E-state index is 6.11. The lowest BCUT2D eigenvalue weighted by atomic mass is 9.94. The largest absolute Gasteiger partial charge is 0.353 e. The third-order valence-electron chi connectivity index (χ3n) is 3.15. The first-order chi connectivity index (χ1) is 8.76. The first-order valence-electron chi connectivity index (χ1n) is 6.13. The van der Waals surface area contributed by atoms with Crippen molar-refractivity contribution in [1.29, 1.82) is 0 Å². The maximum absolute atomic E-state index is 6.11. The molecule has 1 aliphatic carbocycles. The smallest absolute Gasteiger partial charge is 0.206 e. The van der Waals surface area contributed by atoms with Crippen LogP contribution in [0.5, 0.6) is 0 Å². The van der Waals surface area contributed by atoms with Crippen molar-refractivity contribution in [3.05, 3.63) is 25.9 Å². The molecular formula is C12H14ClN3S2. The van der Waals surface area contributed by atoms with E-state index in [0.717, 1.165) is 33.7 Å². The van der Waals surface area contributed by atoms with E-state index in [9.17, 15) is 0 Å². The molecule has 0 aromatic carbocycles. The molecule has 0 aliphatic heterocycles. The first-order valence-corrected chi connectivity index (χ1v) is 8.14. The van der Waals surface area contributed by atoms with Gasteiger partial charge >= 0.3 is 0 Å². The van der Waals surface area contributed by atoms with Gasteiger partial charge in [-0.15, -0.1) is 21.5 Å². The van der Waals surface area contributed by atoms with Crippen molar-refractivity contribution < 1.29 is 0 Å². The van der Waals surface area contributed by atoms with Crippen molar-refractivity contribution in [2.45, 2.75) is 38.6 Å². The van der Waals surface area contributed by atoms with Gasteiger partial charge in [0.15, 0.2) is 0 Å². The second kappa shape index (κ2) is 5.15. The molecule has 0 bridgehead atoms. The Morgan fingerprint density at radius 1 is 1.44 bits per heavy atom. The molecule has 1 unspecified atom stereocenters. The highest BCUT2D eigenvalue weighted by molar-refractivity contribution is 7.16. The number of hydrogen-bond donors (Lipinski definition) is 1. The normalized spacial score (nSPS) is 18.7. The van der Waals surface area contributed by atoms with E-state index in [0.29, 0.717) is 6.04 Å². The van der Waals surface area contributed by atoms with E-state index < -0.39 is 0 Å². The predicted molar refractivity (Wildman–Crippen MR) is 77.9 cm³/mol. The quantitative estimate of drug-likeness (QED) is 0.918. The lowest BCUT2D eigenvalue weighted by molar-refractivity contribution is 0.608.